The molecule has 25 heavy (non-hydrogen) atoms. The second-order valence-corrected chi connectivity index (χ2v) is 6.81. The van der Waals surface area contributed by atoms with E-state index >= 15 is 0 Å². The van der Waals surface area contributed by atoms with Crippen LogP contribution in [0.3, 0.4) is 0 Å². The molecule has 4 rings (SSSR count). The third-order valence-corrected chi connectivity index (χ3v) is 4.70. The molecule has 0 aliphatic rings. The number of aromatic nitrogens is 2. The van der Waals surface area contributed by atoms with Crippen molar-refractivity contribution in [1.29, 1.82) is 0 Å². The zero-order chi connectivity index (χ0) is 17.2. The Kier molecular flexibility index (Phi) is 4.34. The van der Waals surface area contributed by atoms with Crippen LogP contribution >= 0.6 is 15.9 Å². The topological polar surface area (TPSA) is 64.9 Å². The number of rotatable bonds is 4. The molecule has 5 heteroatoms. The van der Waals surface area contributed by atoms with Gasteiger partial charge in [0.05, 0.1) is 5.39 Å². The maximum Gasteiger partial charge on any atom is 0.167 e. The zero-order valence-corrected chi connectivity index (χ0v) is 15.0. The molecule has 0 saturated carbocycles. The summed E-state index contributed by atoms with van der Waals surface area (Å²) in [6.07, 6.45) is 2.45. The summed E-state index contributed by atoms with van der Waals surface area (Å²) in [7, 11) is 0. The first-order valence-corrected chi connectivity index (χ1v) is 8.81. The van der Waals surface area contributed by atoms with E-state index in [0.29, 0.717) is 6.42 Å². The summed E-state index contributed by atoms with van der Waals surface area (Å²) < 4.78 is 6.47. The molecule has 2 aromatic heterocycles. The van der Waals surface area contributed by atoms with Gasteiger partial charge in [-0.05, 0) is 35.9 Å². The van der Waals surface area contributed by atoms with Gasteiger partial charge in [-0.3, -0.25) is 4.98 Å². The second-order valence-electron chi connectivity index (χ2n) is 5.89. The Morgan fingerprint density at radius 1 is 1.04 bits per heavy atom. The number of hydrogen-bond donors (Lipinski definition) is 1. The van der Waals surface area contributed by atoms with Crippen LogP contribution in [-0.4, -0.2) is 10.1 Å². The van der Waals surface area contributed by atoms with E-state index in [1.165, 1.54) is 0 Å². The van der Waals surface area contributed by atoms with Crippen molar-refractivity contribution < 1.29 is 4.52 Å². The van der Waals surface area contributed by atoms with E-state index in [2.05, 4.69) is 26.1 Å². The number of pyridine rings is 1. The monoisotopic (exact) mass is 393 g/mol. The van der Waals surface area contributed by atoms with E-state index in [1.807, 2.05) is 60.7 Å². The Bertz CT molecular complexity index is 1010. The molecule has 2 heterocycles. The molecule has 0 fully saturated rings. The minimum Gasteiger partial charge on any atom is -0.356 e. The Morgan fingerprint density at radius 2 is 1.88 bits per heavy atom. The first-order valence-electron chi connectivity index (χ1n) is 8.02. The van der Waals surface area contributed by atoms with Crippen molar-refractivity contribution in [3.8, 4) is 11.3 Å². The second kappa shape index (κ2) is 6.78. The van der Waals surface area contributed by atoms with Crippen LogP contribution in [0.15, 0.2) is 75.9 Å². The van der Waals surface area contributed by atoms with Gasteiger partial charge in [0.15, 0.2) is 5.58 Å². The molecule has 1 unspecified atom stereocenters. The number of halogens is 1. The number of hydrogen-bond acceptors (Lipinski definition) is 4. The highest BCUT2D eigenvalue weighted by atomic mass is 79.9. The maximum atomic E-state index is 6.50. The SMILES string of the molecule is NC(Cc1ccccn1)c1ccccc1-c1noc2ccc(Br)cc12. The molecule has 0 aliphatic heterocycles. The minimum absolute atomic E-state index is 0.176. The summed E-state index contributed by atoms with van der Waals surface area (Å²) in [5.41, 5.74) is 11.1. The molecule has 0 bridgehead atoms. The lowest BCUT2D eigenvalue weighted by atomic mass is 9.94. The molecular formula is C20H16BrN3O. The van der Waals surface area contributed by atoms with Gasteiger partial charge in [0.1, 0.15) is 5.69 Å². The van der Waals surface area contributed by atoms with Gasteiger partial charge in [-0.25, -0.2) is 0 Å². The van der Waals surface area contributed by atoms with Crippen LogP contribution in [0.5, 0.6) is 0 Å². The van der Waals surface area contributed by atoms with Crippen molar-refractivity contribution in [2.75, 3.05) is 0 Å². The van der Waals surface area contributed by atoms with Gasteiger partial charge in [-0.2, -0.15) is 0 Å². The summed E-state index contributed by atoms with van der Waals surface area (Å²) in [5, 5.41) is 5.25. The summed E-state index contributed by atoms with van der Waals surface area (Å²) in [4.78, 5) is 4.38. The molecule has 2 aromatic carbocycles. The van der Waals surface area contributed by atoms with Crippen LogP contribution in [0.1, 0.15) is 17.3 Å². The average molecular weight is 394 g/mol. The number of nitrogens with two attached hydrogens (primary N) is 1. The molecule has 1 atom stereocenters. The van der Waals surface area contributed by atoms with Crippen molar-refractivity contribution in [3.63, 3.8) is 0 Å². The van der Waals surface area contributed by atoms with Crippen LogP contribution in [0.25, 0.3) is 22.2 Å². The Hall–Kier alpha value is -2.50. The van der Waals surface area contributed by atoms with Crippen LogP contribution < -0.4 is 5.73 Å². The first kappa shape index (κ1) is 16.0. The molecule has 0 spiro atoms. The van der Waals surface area contributed by atoms with Crippen LogP contribution in [0, 0.1) is 0 Å². The Morgan fingerprint density at radius 3 is 2.72 bits per heavy atom. The van der Waals surface area contributed by atoms with Crippen LogP contribution in [-0.2, 0) is 6.42 Å². The fourth-order valence-corrected chi connectivity index (χ4v) is 3.36. The maximum absolute atomic E-state index is 6.50. The number of fused-ring (bicyclic) bond motifs is 1. The van der Waals surface area contributed by atoms with Gasteiger partial charge in [-0.15, -0.1) is 0 Å². The molecule has 0 amide bonds. The Labute approximate surface area is 153 Å². The van der Waals surface area contributed by atoms with E-state index in [0.717, 1.165) is 38.0 Å². The predicted octanol–water partition coefficient (Wildman–Crippen LogP) is 4.89. The van der Waals surface area contributed by atoms with E-state index in [-0.39, 0.29) is 6.04 Å². The van der Waals surface area contributed by atoms with E-state index in [4.69, 9.17) is 10.3 Å². The highest BCUT2D eigenvalue weighted by Gasteiger charge is 2.18. The fraction of sp³-hybridized carbons (Fsp3) is 0.100. The largest absolute Gasteiger partial charge is 0.356 e. The average Bonchev–Trinajstić information content (AvgIpc) is 3.05. The molecule has 4 aromatic rings. The van der Waals surface area contributed by atoms with Crippen molar-refractivity contribution >= 4 is 26.9 Å². The number of benzene rings is 2. The van der Waals surface area contributed by atoms with E-state index in [1.54, 1.807) is 6.20 Å². The standard InChI is InChI=1S/C20H16BrN3O/c21-13-8-9-19-17(11-13)20(24-25-19)16-7-2-1-6-15(16)18(22)12-14-5-3-4-10-23-14/h1-11,18H,12,22H2. The summed E-state index contributed by atoms with van der Waals surface area (Å²) in [6, 6.07) is 19.6. The Balaban J connectivity index is 1.77. The third kappa shape index (κ3) is 3.21. The van der Waals surface area contributed by atoms with E-state index < -0.39 is 0 Å². The lowest BCUT2D eigenvalue weighted by Crippen LogP contribution is -2.15. The lowest BCUT2D eigenvalue weighted by molar-refractivity contribution is 0.459. The van der Waals surface area contributed by atoms with Gasteiger partial charge >= 0.3 is 0 Å². The summed E-state index contributed by atoms with van der Waals surface area (Å²) in [6.45, 7) is 0. The number of nitrogens with zero attached hydrogens (tertiary/aromatic N) is 2. The van der Waals surface area contributed by atoms with Crippen molar-refractivity contribution in [3.05, 3.63) is 82.6 Å². The lowest BCUT2D eigenvalue weighted by Gasteiger charge is -2.15. The van der Waals surface area contributed by atoms with Gasteiger partial charge in [-0.1, -0.05) is 51.4 Å². The van der Waals surface area contributed by atoms with Crippen molar-refractivity contribution in [1.82, 2.24) is 10.1 Å². The van der Waals surface area contributed by atoms with E-state index in [9.17, 15) is 0 Å². The molecule has 0 saturated heterocycles. The van der Waals surface area contributed by atoms with Crippen LogP contribution in [0.2, 0.25) is 0 Å². The summed E-state index contributed by atoms with van der Waals surface area (Å²) >= 11 is 3.51. The van der Waals surface area contributed by atoms with Crippen molar-refractivity contribution in [2.24, 2.45) is 5.73 Å². The quantitative estimate of drug-likeness (QED) is 0.535. The van der Waals surface area contributed by atoms with Gasteiger partial charge in [0.25, 0.3) is 0 Å². The molecule has 0 aliphatic carbocycles. The zero-order valence-electron chi connectivity index (χ0n) is 13.4. The van der Waals surface area contributed by atoms with Gasteiger partial charge in [0.2, 0.25) is 0 Å². The van der Waals surface area contributed by atoms with Gasteiger partial charge in [0, 0.05) is 34.4 Å². The molecular weight excluding hydrogens is 378 g/mol. The first-order chi connectivity index (χ1) is 12.2. The van der Waals surface area contributed by atoms with Gasteiger partial charge < -0.3 is 10.3 Å². The predicted molar refractivity (Wildman–Crippen MR) is 102 cm³/mol. The highest BCUT2D eigenvalue weighted by molar-refractivity contribution is 9.10. The molecule has 2 N–H and O–H groups in total. The minimum atomic E-state index is -0.176. The highest BCUT2D eigenvalue weighted by Crippen LogP contribution is 2.34. The normalized spacial score (nSPS) is 12.4. The van der Waals surface area contributed by atoms with Crippen molar-refractivity contribution in [2.45, 2.75) is 12.5 Å². The van der Waals surface area contributed by atoms with Crippen LogP contribution in [0.4, 0.5) is 0 Å². The fourth-order valence-electron chi connectivity index (χ4n) is 3.00. The smallest absolute Gasteiger partial charge is 0.167 e. The summed E-state index contributed by atoms with van der Waals surface area (Å²) in [5.74, 6) is 0. The molecule has 4 nitrogen and oxygen atoms in total. The molecule has 124 valence electrons. The third-order valence-electron chi connectivity index (χ3n) is 4.20. The molecule has 0 radical (unpaired) electrons.